The molecule has 0 aliphatic carbocycles. The number of sulfonamides is 1. The number of aromatic amines is 1. The highest BCUT2D eigenvalue weighted by Crippen LogP contribution is 2.28. The number of rotatable bonds is 4. The Morgan fingerprint density at radius 3 is 2.84 bits per heavy atom. The zero-order valence-corrected chi connectivity index (χ0v) is 12.7. The summed E-state index contributed by atoms with van der Waals surface area (Å²) in [7, 11) is -3.74. The van der Waals surface area contributed by atoms with E-state index in [0.717, 1.165) is 5.56 Å². The lowest BCUT2D eigenvalue weighted by atomic mass is 10.2. The first kappa shape index (κ1) is 14.2. The van der Waals surface area contributed by atoms with Gasteiger partial charge < -0.3 is 0 Å². The maximum Gasteiger partial charge on any atom is 0.264 e. The molecule has 5 nitrogen and oxygen atoms in total. The van der Waals surface area contributed by atoms with Crippen LogP contribution in [-0.2, 0) is 10.0 Å². The zero-order chi connectivity index (χ0) is 14.0. The molecule has 102 valence electrons. The molecule has 0 fully saturated rings. The van der Waals surface area contributed by atoms with Crippen LogP contribution >= 0.6 is 23.4 Å². The number of nitrogens with zero attached hydrogens (tertiary/aromatic N) is 1. The summed E-state index contributed by atoms with van der Waals surface area (Å²) in [6.07, 6.45) is 3.39. The van der Waals surface area contributed by atoms with Crippen LogP contribution in [0.15, 0.2) is 34.2 Å². The van der Waals surface area contributed by atoms with Crippen molar-refractivity contribution in [2.24, 2.45) is 0 Å². The molecule has 2 rings (SSSR count). The van der Waals surface area contributed by atoms with Gasteiger partial charge in [-0.3, -0.25) is 9.82 Å². The number of halogens is 1. The molecule has 8 heteroatoms. The van der Waals surface area contributed by atoms with Gasteiger partial charge in [-0.05, 0) is 30.9 Å². The molecular formula is C11H12ClN3O2S2. The Labute approximate surface area is 120 Å². The Morgan fingerprint density at radius 1 is 1.42 bits per heavy atom. The molecule has 2 N–H and O–H groups in total. The molecule has 0 saturated heterocycles. The van der Waals surface area contributed by atoms with Crippen molar-refractivity contribution in [2.75, 3.05) is 11.0 Å². The molecule has 1 aromatic carbocycles. The normalized spacial score (nSPS) is 11.5. The van der Waals surface area contributed by atoms with E-state index in [1.165, 1.54) is 17.8 Å². The van der Waals surface area contributed by atoms with Gasteiger partial charge in [-0.15, -0.1) is 11.8 Å². The molecule has 1 aromatic heterocycles. The smallest absolute Gasteiger partial charge is 0.263 e. The number of anilines is 1. The van der Waals surface area contributed by atoms with Crippen molar-refractivity contribution in [3.63, 3.8) is 0 Å². The molecule has 0 saturated carbocycles. The van der Waals surface area contributed by atoms with Gasteiger partial charge in [0, 0.05) is 0 Å². The van der Waals surface area contributed by atoms with E-state index in [1.807, 2.05) is 6.26 Å². The second kappa shape index (κ2) is 5.44. The Kier molecular flexibility index (Phi) is 4.07. The molecule has 0 aliphatic heterocycles. The third kappa shape index (κ3) is 3.05. The largest absolute Gasteiger partial charge is 0.264 e. The van der Waals surface area contributed by atoms with E-state index in [9.17, 15) is 8.42 Å². The number of hydrogen-bond donors (Lipinski definition) is 2. The quantitative estimate of drug-likeness (QED) is 0.850. The van der Waals surface area contributed by atoms with Crippen LogP contribution < -0.4 is 4.72 Å². The lowest BCUT2D eigenvalue weighted by Gasteiger charge is -2.09. The molecular weight excluding hydrogens is 306 g/mol. The van der Waals surface area contributed by atoms with Crippen molar-refractivity contribution in [1.82, 2.24) is 10.2 Å². The van der Waals surface area contributed by atoms with E-state index in [4.69, 9.17) is 11.6 Å². The Hall–Kier alpha value is -1.18. The lowest BCUT2D eigenvalue weighted by Crippen LogP contribution is -2.14. The van der Waals surface area contributed by atoms with E-state index in [1.54, 1.807) is 25.3 Å². The highest BCUT2D eigenvalue weighted by molar-refractivity contribution is 7.99. The predicted molar refractivity (Wildman–Crippen MR) is 77.4 cm³/mol. The van der Waals surface area contributed by atoms with Gasteiger partial charge in [-0.25, -0.2) is 8.42 Å². The molecule has 0 radical (unpaired) electrons. The van der Waals surface area contributed by atoms with Gasteiger partial charge in [0.05, 0.1) is 16.1 Å². The number of benzene rings is 1. The standard InChI is InChI=1S/C11H12ClN3O2S2/c1-7-3-4-8(12)10(5-7)19(16,17)15-11-9(18-2)6-13-14-11/h3-6H,1-2H3,(H2,13,14,15). The number of nitrogens with one attached hydrogen (secondary N) is 2. The number of H-pyrrole nitrogens is 1. The number of hydrogen-bond acceptors (Lipinski definition) is 4. The number of aryl methyl sites for hydroxylation is 1. The van der Waals surface area contributed by atoms with Gasteiger partial charge in [0.1, 0.15) is 10.7 Å². The minimum Gasteiger partial charge on any atom is -0.263 e. The SMILES string of the molecule is CSc1cn[nH]c1NS(=O)(=O)c1cc(C)ccc1Cl. The molecule has 0 bridgehead atoms. The van der Waals surface area contributed by atoms with Crippen LogP contribution in [0, 0.1) is 6.92 Å². The molecule has 0 aliphatic rings. The summed E-state index contributed by atoms with van der Waals surface area (Å²) in [6.45, 7) is 1.80. The minimum atomic E-state index is -3.74. The van der Waals surface area contributed by atoms with Gasteiger partial charge >= 0.3 is 0 Å². The van der Waals surface area contributed by atoms with Crippen LogP contribution in [0.5, 0.6) is 0 Å². The number of aromatic nitrogens is 2. The fourth-order valence-electron chi connectivity index (χ4n) is 1.51. The maximum atomic E-state index is 12.3. The van der Waals surface area contributed by atoms with E-state index in [-0.39, 0.29) is 9.92 Å². The molecule has 0 unspecified atom stereocenters. The molecule has 0 atom stereocenters. The van der Waals surface area contributed by atoms with E-state index in [0.29, 0.717) is 10.7 Å². The predicted octanol–water partition coefficient (Wildman–Crippen LogP) is 2.89. The highest BCUT2D eigenvalue weighted by atomic mass is 35.5. The van der Waals surface area contributed by atoms with Crippen LogP contribution in [0.3, 0.4) is 0 Å². The van der Waals surface area contributed by atoms with Gasteiger partial charge in [0.25, 0.3) is 10.0 Å². The van der Waals surface area contributed by atoms with Gasteiger partial charge in [-0.1, -0.05) is 17.7 Å². The van der Waals surface area contributed by atoms with E-state index in [2.05, 4.69) is 14.9 Å². The van der Waals surface area contributed by atoms with Crippen LogP contribution in [0.1, 0.15) is 5.56 Å². The topological polar surface area (TPSA) is 74.8 Å². The summed E-state index contributed by atoms with van der Waals surface area (Å²) in [5, 5.41) is 6.60. The molecule has 1 heterocycles. The average molecular weight is 318 g/mol. The first-order valence-electron chi connectivity index (χ1n) is 5.30. The summed E-state index contributed by atoms with van der Waals surface area (Å²) < 4.78 is 27.0. The lowest BCUT2D eigenvalue weighted by molar-refractivity contribution is 0.601. The Morgan fingerprint density at radius 2 is 2.16 bits per heavy atom. The van der Waals surface area contributed by atoms with Crippen molar-refractivity contribution in [3.8, 4) is 0 Å². The van der Waals surface area contributed by atoms with Crippen molar-refractivity contribution in [1.29, 1.82) is 0 Å². The average Bonchev–Trinajstić information content (AvgIpc) is 2.78. The third-order valence-corrected chi connectivity index (χ3v) is 5.02. The maximum absolute atomic E-state index is 12.3. The molecule has 19 heavy (non-hydrogen) atoms. The van der Waals surface area contributed by atoms with E-state index < -0.39 is 10.0 Å². The van der Waals surface area contributed by atoms with Crippen LogP contribution in [-0.4, -0.2) is 24.9 Å². The summed E-state index contributed by atoms with van der Waals surface area (Å²) in [6, 6.07) is 4.85. The summed E-state index contributed by atoms with van der Waals surface area (Å²) in [5.74, 6) is 0.338. The first-order chi connectivity index (χ1) is 8.94. The summed E-state index contributed by atoms with van der Waals surface area (Å²) in [4.78, 5) is 0.767. The Balaban J connectivity index is 2.41. The Bertz CT molecular complexity index is 698. The number of thioether (sulfide) groups is 1. The molecule has 0 spiro atoms. The second-order valence-corrected chi connectivity index (χ2v) is 6.76. The van der Waals surface area contributed by atoms with E-state index >= 15 is 0 Å². The van der Waals surface area contributed by atoms with Crippen LogP contribution in [0.2, 0.25) is 5.02 Å². The summed E-state index contributed by atoms with van der Waals surface area (Å²) in [5.41, 5.74) is 0.819. The van der Waals surface area contributed by atoms with Crippen LogP contribution in [0.4, 0.5) is 5.82 Å². The van der Waals surface area contributed by atoms with Crippen molar-refractivity contribution < 1.29 is 8.42 Å². The fourth-order valence-corrected chi connectivity index (χ4v) is 3.65. The second-order valence-electron chi connectivity index (χ2n) is 3.85. The van der Waals surface area contributed by atoms with Crippen LogP contribution in [0.25, 0.3) is 0 Å². The van der Waals surface area contributed by atoms with Gasteiger partial charge in [0.15, 0.2) is 0 Å². The first-order valence-corrected chi connectivity index (χ1v) is 8.39. The zero-order valence-electron chi connectivity index (χ0n) is 10.3. The van der Waals surface area contributed by atoms with Crippen molar-refractivity contribution >= 4 is 39.2 Å². The van der Waals surface area contributed by atoms with Crippen molar-refractivity contribution in [3.05, 3.63) is 35.0 Å². The highest BCUT2D eigenvalue weighted by Gasteiger charge is 2.20. The monoisotopic (exact) mass is 317 g/mol. The minimum absolute atomic E-state index is 0.0517. The summed E-state index contributed by atoms with van der Waals surface area (Å²) >= 11 is 7.34. The molecule has 0 amide bonds. The van der Waals surface area contributed by atoms with Gasteiger partial charge in [0.2, 0.25) is 0 Å². The molecule has 2 aromatic rings. The van der Waals surface area contributed by atoms with Gasteiger partial charge in [-0.2, -0.15) is 5.10 Å². The van der Waals surface area contributed by atoms with Crippen molar-refractivity contribution in [2.45, 2.75) is 16.7 Å². The fraction of sp³-hybridized carbons (Fsp3) is 0.182. The third-order valence-electron chi connectivity index (χ3n) is 2.44.